The van der Waals surface area contributed by atoms with Gasteiger partial charge in [-0.1, -0.05) is 0 Å². The van der Waals surface area contributed by atoms with Crippen LogP contribution in [0.25, 0.3) is 0 Å². The van der Waals surface area contributed by atoms with E-state index in [2.05, 4.69) is 5.10 Å². The molecule has 0 spiro atoms. The van der Waals surface area contributed by atoms with E-state index in [1.54, 1.807) is 0 Å². The fourth-order valence-corrected chi connectivity index (χ4v) is 3.38. The lowest BCUT2D eigenvalue weighted by Crippen LogP contribution is -2.24. The Kier molecular flexibility index (Phi) is 4.78. The first-order valence-electron chi connectivity index (χ1n) is 8.17. The fourth-order valence-electron chi connectivity index (χ4n) is 3.38. The number of ether oxygens (including phenoxy) is 2. The summed E-state index contributed by atoms with van der Waals surface area (Å²) in [6.07, 6.45) is 5.86. The fraction of sp³-hybridized carbons (Fsp3) is 0.750. The van der Waals surface area contributed by atoms with Crippen molar-refractivity contribution in [3.05, 3.63) is 17.0 Å². The summed E-state index contributed by atoms with van der Waals surface area (Å²) < 4.78 is 13.1. The van der Waals surface area contributed by atoms with Crippen LogP contribution in [0.15, 0.2) is 0 Å². The molecule has 2 saturated heterocycles. The van der Waals surface area contributed by atoms with Gasteiger partial charge in [0, 0.05) is 31.1 Å². The van der Waals surface area contributed by atoms with Crippen molar-refractivity contribution < 1.29 is 19.4 Å². The zero-order valence-corrected chi connectivity index (χ0v) is 13.1. The van der Waals surface area contributed by atoms with Crippen molar-refractivity contribution in [1.29, 1.82) is 0 Å². The standard InChI is InChI=1S/C16H24N2O4/c1-11-13(10-12-5-8-21-9-6-12)18(17-15(11)16(19)20)14-4-2-3-7-22-14/h12,14H,2-10H2,1H3,(H,19,20). The van der Waals surface area contributed by atoms with Crippen LogP contribution >= 0.6 is 0 Å². The minimum absolute atomic E-state index is 0.115. The molecule has 2 aliphatic rings. The maximum absolute atomic E-state index is 11.4. The highest BCUT2D eigenvalue weighted by atomic mass is 16.5. The molecule has 3 rings (SSSR count). The molecule has 122 valence electrons. The molecule has 22 heavy (non-hydrogen) atoms. The smallest absolute Gasteiger partial charge is 0.356 e. The Hall–Kier alpha value is -1.40. The quantitative estimate of drug-likeness (QED) is 0.925. The van der Waals surface area contributed by atoms with E-state index in [1.807, 2.05) is 11.6 Å². The monoisotopic (exact) mass is 308 g/mol. The second-order valence-electron chi connectivity index (χ2n) is 6.25. The Bertz CT molecular complexity index is 528. The van der Waals surface area contributed by atoms with Gasteiger partial charge < -0.3 is 14.6 Å². The summed E-state index contributed by atoms with van der Waals surface area (Å²) in [6.45, 7) is 4.18. The van der Waals surface area contributed by atoms with Crippen LogP contribution in [-0.2, 0) is 15.9 Å². The van der Waals surface area contributed by atoms with Crippen molar-refractivity contribution in [3.8, 4) is 0 Å². The summed E-state index contributed by atoms with van der Waals surface area (Å²) in [7, 11) is 0. The van der Waals surface area contributed by atoms with E-state index in [9.17, 15) is 9.90 Å². The molecule has 6 heteroatoms. The van der Waals surface area contributed by atoms with Crippen molar-refractivity contribution in [3.63, 3.8) is 0 Å². The lowest BCUT2D eigenvalue weighted by Gasteiger charge is -2.27. The van der Waals surface area contributed by atoms with Crippen molar-refractivity contribution >= 4 is 5.97 Å². The van der Waals surface area contributed by atoms with Crippen LogP contribution in [0, 0.1) is 12.8 Å². The maximum Gasteiger partial charge on any atom is 0.356 e. The third-order valence-electron chi connectivity index (χ3n) is 4.73. The molecule has 2 fully saturated rings. The van der Waals surface area contributed by atoms with Crippen molar-refractivity contribution in [2.75, 3.05) is 19.8 Å². The van der Waals surface area contributed by atoms with Crippen LogP contribution in [0.5, 0.6) is 0 Å². The molecule has 2 aliphatic heterocycles. The number of hydrogen-bond acceptors (Lipinski definition) is 4. The Morgan fingerprint density at radius 3 is 2.68 bits per heavy atom. The normalized spacial score (nSPS) is 23.6. The molecule has 0 radical (unpaired) electrons. The molecule has 1 aromatic heterocycles. The van der Waals surface area contributed by atoms with E-state index >= 15 is 0 Å². The lowest BCUT2D eigenvalue weighted by molar-refractivity contribution is -0.0419. The van der Waals surface area contributed by atoms with Crippen molar-refractivity contribution in [2.24, 2.45) is 5.92 Å². The first kappa shape index (κ1) is 15.5. The minimum atomic E-state index is -0.958. The molecule has 0 aromatic carbocycles. The van der Waals surface area contributed by atoms with Gasteiger partial charge in [-0.05, 0) is 51.4 Å². The topological polar surface area (TPSA) is 73.6 Å². The Morgan fingerprint density at radius 2 is 2.05 bits per heavy atom. The number of nitrogens with zero attached hydrogens (tertiary/aromatic N) is 2. The molecular weight excluding hydrogens is 284 g/mol. The van der Waals surface area contributed by atoms with Gasteiger partial charge in [0.2, 0.25) is 0 Å². The summed E-state index contributed by atoms with van der Waals surface area (Å²) in [5.41, 5.74) is 1.97. The van der Waals surface area contributed by atoms with Crippen LogP contribution in [0.4, 0.5) is 0 Å². The Balaban J connectivity index is 1.88. The van der Waals surface area contributed by atoms with Crippen LogP contribution in [0.3, 0.4) is 0 Å². The van der Waals surface area contributed by atoms with Crippen molar-refractivity contribution in [2.45, 2.75) is 51.7 Å². The molecule has 0 aliphatic carbocycles. The van der Waals surface area contributed by atoms with E-state index in [0.717, 1.165) is 69.6 Å². The lowest BCUT2D eigenvalue weighted by atomic mass is 9.93. The number of carbonyl (C=O) groups is 1. The van der Waals surface area contributed by atoms with Crippen LogP contribution in [0.2, 0.25) is 0 Å². The number of carboxylic acid groups (broad SMARTS) is 1. The molecule has 1 N–H and O–H groups in total. The highest BCUT2D eigenvalue weighted by Crippen LogP contribution is 2.29. The summed E-state index contributed by atoms with van der Waals surface area (Å²) in [5, 5.41) is 13.7. The molecule has 1 atom stereocenters. The largest absolute Gasteiger partial charge is 0.476 e. The minimum Gasteiger partial charge on any atom is -0.476 e. The second-order valence-corrected chi connectivity index (χ2v) is 6.25. The predicted octanol–water partition coefficient (Wildman–Crippen LogP) is 2.56. The number of carboxylic acids is 1. The number of aromatic nitrogens is 2. The Morgan fingerprint density at radius 1 is 1.27 bits per heavy atom. The zero-order valence-electron chi connectivity index (χ0n) is 13.1. The van der Waals surface area contributed by atoms with Gasteiger partial charge in [0.1, 0.15) is 6.23 Å². The second kappa shape index (κ2) is 6.79. The highest BCUT2D eigenvalue weighted by Gasteiger charge is 2.27. The van der Waals surface area contributed by atoms with E-state index in [1.165, 1.54) is 0 Å². The van der Waals surface area contributed by atoms with Gasteiger partial charge in [-0.25, -0.2) is 9.48 Å². The van der Waals surface area contributed by atoms with E-state index in [0.29, 0.717) is 5.92 Å². The highest BCUT2D eigenvalue weighted by molar-refractivity contribution is 5.87. The Labute approximate surface area is 130 Å². The average Bonchev–Trinajstić information content (AvgIpc) is 2.87. The zero-order chi connectivity index (χ0) is 15.5. The third kappa shape index (κ3) is 3.17. The summed E-state index contributed by atoms with van der Waals surface area (Å²) >= 11 is 0. The van der Waals surface area contributed by atoms with Gasteiger partial charge >= 0.3 is 5.97 Å². The van der Waals surface area contributed by atoms with E-state index in [4.69, 9.17) is 9.47 Å². The van der Waals surface area contributed by atoms with Gasteiger partial charge in [0.25, 0.3) is 0 Å². The summed E-state index contributed by atoms with van der Waals surface area (Å²) in [4.78, 5) is 11.4. The molecule has 1 unspecified atom stereocenters. The molecule has 3 heterocycles. The van der Waals surface area contributed by atoms with Gasteiger partial charge in [-0.15, -0.1) is 0 Å². The summed E-state index contributed by atoms with van der Waals surface area (Å²) in [6, 6.07) is 0. The molecule has 0 bridgehead atoms. The van der Waals surface area contributed by atoms with E-state index in [-0.39, 0.29) is 11.9 Å². The van der Waals surface area contributed by atoms with Gasteiger partial charge in [0.15, 0.2) is 5.69 Å². The van der Waals surface area contributed by atoms with Crippen LogP contribution in [0.1, 0.15) is 60.1 Å². The molecule has 0 amide bonds. The summed E-state index contributed by atoms with van der Waals surface area (Å²) in [5.74, 6) is -0.423. The average molecular weight is 308 g/mol. The van der Waals surface area contributed by atoms with Crippen LogP contribution in [-0.4, -0.2) is 40.7 Å². The number of aromatic carboxylic acids is 1. The predicted molar refractivity (Wildman–Crippen MR) is 80.0 cm³/mol. The van der Waals surface area contributed by atoms with E-state index < -0.39 is 5.97 Å². The molecular formula is C16H24N2O4. The SMILES string of the molecule is Cc1c(C(=O)O)nn(C2CCCCO2)c1CC1CCOCC1. The molecule has 1 aromatic rings. The van der Waals surface area contributed by atoms with Gasteiger partial charge in [0.05, 0.1) is 0 Å². The van der Waals surface area contributed by atoms with Gasteiger partial charge in [-0.3, -0.25) is 0 Å². The third-order valence-corrected chi connectivity index (χ3v) is 4.73. The van der Waals surface area contributed by atoms with Crippen LogP contribution < -0.4 is 0 Å². The first-order chi connectivity index (χ1) is 10.7. The number of hydrogen-bond donors (Lipinski definition) is 1. The van der Waals surface area contributed by atoms with Gasteiger partial charge in [-0.2, -0.15) is 5.10 Å². The maximum atomic E-state index is 11.4. The number of rotatable bonds is 4. The first-order valence-corrected chi connectivity index (χ1v) is 8.17. The van der Waals surface area contributed by atoms with Crippen molar-refractivity contribution in [1.82, 2.24) is 9.78 Å². The molecule has 0 saturated carbocycles. The molecule has 6 nitrogen and oxygen atoms in total.